The normalized spacial score (nSPS) is 13.8. The van der Waals surface area contributed by atoms with Crippen molar-refractivity contribution in [1.29, 1.82) is 0 Å². The first-order valence-corrected chi connectivity index (χ1v) is 12.1. The fraction of sp³-hybridized carbons (Fsp3) is 0.167. The van der Waals surface area contributed by atoms with Crippen molar-refractivity contribution in [2.24, 2.45) is 0 Å². The zero-order chi connectivity index (χ0) is 22.8. The summed E-state index contributed by atoms with van der Waals surface area (Å²) in [6.07, 6.45) is 3.35. The van der Waals surface area contributed by atoms with Gasteiger partial charge in [0.05, 0.1) is 23.3 Å². The van der Waals surface area contributed by atoms with E-state index in [1.54, 1.807) is 24.5 Å². The number of hydrogen-bond acceptors (Lipinski definition) is 6. The first-order valence-electron chi connectivity index (χ1n) is 10.3. The number of pyridine rings is 2. The lowest BCUT2D eigenvalue weighted by atomic mass is 10.1. The average Bonchev–Trinajstić information content (AvgIpc) is 3.45. The van der Waals surface area contributed by atoms with Crippen LogP contribution in [0.4, 0.5) is 5.69 Å². The largest absolute Gasteiger partial charge is 0.453 e. The summed E-state index contributed by atoms with van der Waals surface area (Å²) in [7, 11) is 0. The van der Waals surface area contributed by atoms with E-state index < -0.39 is 0 Å². The quantitative estimate of drug-likeness (QED) is 0.204. The summed E-state index contributed by atoms with van der Waals surface area (Å²) in [5, 5.41) is 1.19. The molecular weight excluding hydrogens is 576 g/mol. The van der Waals surface area contributed by atoms with Crippen LogP contribution in [-0.4, -0.2) is 36.3 Å². The smallest absolute Gasteiger partial charge is 0.172 e. The summed E-state index contributed by atoms with van der Waals surface area (Å²) < 4.78 is 17.3. The molecule has 0 atom stereocenters. The molecule has 0 aliphatic carbocycles. The molecule has 9 heteroatoms. The van der Waals surface area contributed by atoms with E-state index in [9.17, 15) is 0 Å². The monoisotopic (exact) mass is 593 g/mol. The molecule has 0 spiro atoms. The molecule has 5 heterocycles. The number of furan rings is 2. The molecule has 6 nitrogen and oxygen atoms in total. The third-order valence-corrected chi connectivity index (χ3v) is 6.35. The van der Waals surface area contributed by atoms with Gasteiger partial charge in [0.15, 0.2) is 14.9 Å². The van der Waals surface area contributed by atoms with E-state index in [4.69, 9.17) is 36.8 Å². The molecule has 5 aromatic rings. The maximum atomic E-state index is 6.13. The van der Waals surface area contributed by atoms with Crippen LogP contribution >= 0.6 is 45.8 Å². The Morgan fingerprint density at radius 2 is 1.39 bits per heavy atom. The van der Waals surface area contributed by atoms with Gasteiger partial charge in [-0.1, -0.05) is 23.2 Å². The number of hydrogen-bond donors (Lipinski definition) is 0. The standard InChI is InChI=1S/C17H15ClN2O2.C7H3ClINO/c18-14-5-6-19-15-11-16(22-17(14)15)12-1-3-13(4-2-12)20-7-9-21-10-8-20;8-4-1-2-10-5-3-6(9)11-7(4)5/h1-6,11H,7-10H2;1-3H. The summed E-state index contributed by atoms with van der Waals surface area (Å²) >= 11 is 14.0. The van der Waals surface area contributed by atoms with Crippen molar-refractivity contribution in [2.45, 2.75) is 0 Å². The number of nitrogens with zero attached hydrogens (tertiary/aromatic N) is 3. The second kappa shape index (κ2) is 9.89. The molecular formula is C24H18Cl2IN3O3. The molecule has 0 N–H and O–H groups in total. The molecule has 0 saturated carbocycles. The van der Waals surface area contributed by atoms with Crippen LogP contribution in [0.5, 0.6) is 0 Å². The Kier molecular flexibility index (Phi) is 6.73. The third kappa shape index (κ3) is 4.96. The minimum Gasteiger partial charge on any atom is -0.453 e. The van der Waals surface area contributed by atoms with Crippen molar-refractivity contribution >= 4 is 73.7 Å². The van der Waals surface area contributed by atoms with E-state index >= 15 is 0 Å². The Morgan fingerprint density at radius 3 is 2.00 bits per heavy atom. The topological polar surface area (TPSA) is 64.5 Å². The SMILES string of the molecule is Clc1ccnc2cc(-c3ccc(N4CCOCC4)cc3)oc12.Clc1ccnc2cc(I)oc12. The summed E-state index contributed by atoms with van der Waals surface area (Å²) in [4.78, 5) is 10.7. The van der Waals surface area contributed by atoms with E-state index in [1.807, 2.05) is 12.1 Å². The van der Waals surface area contributed by atoms with E-state index in [-0.39, 0.29) is 0 Å². The van der Waals surface area contributed by atoms with Crippen molar-refractivity contribution in [2.75, 3.05) is 31.2 Å². The Morgan fingerprint density at radius 1 is 0.788 bits per heavy atom. The first-order chi connectivity index (χ1) is 16.1. The van der Waals surface area contributed by atoms with Gasteiger partial charge in [-0.3, -0.25) is 9.97 Å². The summed E-state index contributed by atoms with van der Waals surface area (Å²) in [5.74, 6) is 0.782. The highest BCUT2D eigenvalue weighted by atomic mass is 127. The number of fused-ring (bicyclic) bond motifs is 2. The lowest BCUT2D eigenvalue weighted by Crippen LogP contribution is -2.36. The maximum Gasteiger partial charge on any atom is 0.172 e. The number of rotatable bonds is 2. The van der Waals surface area contributed by atoms with Gasteiger partial charge in [0, 0.05) is 48.9 Å². The maximum absolute atomic E-state index is 6.13. The van der Waals surface area contributed by atoms with Crippen molar-refractivity contribution in [3.8, 4) is 11.3 Å². The van der Waals surface area contributed by atoms with Crippen LogP contribution in [0.3, 0.4) is 0 Å². The Labute approximate surface area is 213 Å². The summed E-state index contributed by atoms with van der Waals surface area (Å²) in [6.45, 7) is 3.44. The molecule has 0 bridgehead atoms. The van der Waals surface area contributed by atoms with Gasteiger partial charge < -0.3 is 18.5 Å². The van der Waals surface area contributed by atoms with Crippen LogP contribution in [0.2, 0.25) is 10.0 Å². The molecule has 1 aliphatic heterocycles. The second-order valence-electron chi connectivity index (χ2n) is 7.32. The van der Waals surface area contributed by atoms with Crippen molar-refractivity contribution < 1.29 is 13.6 Å². The van der Waals surface area contributed by atoms with Gasteiger partial charge >= 0.3 is 0 Å². The highest BCUT2D eigenvalue weighted by Crippen LogP contribution is 2.31. The zero-order valence-electron chi connectivity index (χ0n) is 17.3. The molecule has 33 heavy (non-hydrogen) atoms. The minimum atomic E-state index is 0.584. The molecule has 0 unspecified atom stereocenters. The van der Waals surface area contributed by atoms with Crippen LogP contribution < -0.4 is 4.90 Å². The average molecular weight is 594 g/mol. The predicted molar refractivity (Wildman–Crippen MR) is 139 cm³/mol. The minimum absolute atomic E-state index is 0.584. The van der Waals surface area contributed by atoms with Gasteiger partial charge in [0.2, 0.25) is 0 Å². The molecule has 1 saturated heterocycles. The lowest BCUT2D eigenvalue weighted by Gasteiger charge is -2.28. The second-order valence-corrected chi connectivity index (χ2v) is 9.20. The van der Waals surface area contributed by atoms with Crippen LogP contribution in [0.1, 0.15) is 0 Å². The van der Waals surface area contributed by atoms with Gasteiger partial charge in [-0.25, -0.2) is 0 Å². The highest BCUT2D eigenvalue weighted by Gasteiger charge is 2.13. The zero-order valence-corrected chi connectivity index (χ0v) is 21.0. The van der Waals surface area contributed by atoms with E-state index in [0.29, 0.717) is 21.2 Å². The third-order valence-electron chi connectivity index (χ3n) is 5.23. The molecule has 0 amide bonds. The summed E-state index contributed by atoms with van der Waals surface area (Å²) in [5.41, 5.74) is 5.11. The molecule has 4 aromatic heterocycles. The molecule has 6 rings (SSSR count). The van der Waals surface area contributed by atoms with E-state index in [1.165, 1.54) is 5.69 Å². The van der Waals surface area contributed by atoms with Crippen LogP contribution in [0, 0.1) is 3.77 Å². The summed E-state index contributed by atoms with van der Waals surface area (Å²) in [6, 6.07) is 15.6. The van der Waals surface area contributed by atoms with E-state index in [2.05, 4.69) is 61.7 Å². The Hall–Kier alpha value is -2.33. The molecule has 0 radical (unpaired) electrons. The van der Waals surface area contributed by atoms with Gasteiger partial charge in [-0.2, -0.15) is 0 Å². The first kappa shape index (κ1) is 22.5. The fourth-order valence-electron chi connectivity index (χ4n) is 3.59. The predicted octanol–water partition coefficient (Wildman–Crippen LogP) is 7.07. The lowest BCUT2D eigenvalue weighted by molar-refractivity contribution is 0.122. The van der Waals surface area contributed by atoms with Gasteiger partial charge in [0.25, 0.3) is 0 Å². The Balaban J connectivity index is 0.000000174. The number of anilines is 1. The molecule has 1 aromatic carbocycles. The Bertz CT molecular complexity index is 1400. The molecule has 1 aliphatic rings. The van der Waals surface area contributed by atoms with Gasteiger partial charge in [-0.15, -0.1) is 0 Å². The van der Waals surface area contributed by atoms with Gasteiger partial charge in [-0.05, 0) is 59.0 Å². The van der Waals surface area contributed by atoms with E-state index in [0.717, 1.165) is 52.4 Å². The molecule has 168 valence electrons. The molecule has 1 fully saturated rings. The van der Waals surface area contributed by atoms with Crippen molar-refractivity contribution in [1.82, 2.24) is 9.97 Å². The number of morpholine rings is 1. The van der Waals surface area contributed by atoms with Crippen molar-refractivity contribution in [3.63, 3.8) is 0 Å². The number of benzene rings is 1. The van der Waals surface area contributed by atoms with Crippen LogP contribution in [0.15, 0.2) is 69.8 Å². The van der Waals surface area contributed by atoms with Crippen LogP contribution in [-0.2, 0) is 4.74 Å². The van der Waals surface area contributed by atoms with Crippen molar-refractivity contribution in [3.05, 3.63) is 74.7 Å². The number of aromatic nitrogens is 2. The van der Waals surface area contributed by atoms with Gasteiger partial charge in [0.1, 0.15) is 16.8 Å². The number of halogens is 3. The fourth-order valence-corrected chi connectivity index (χ4v) is 4.48. The number of ether oxygens (including phenoxy) is 1. The highest BCUT2D eigenvalue weighted by molar-refractivity contribution is 14.1. The van der Waals surface area contributed by atoms with Crippen LogP contribution in [0.25, 0.3) is 33.5 Å².